The molecule has 132 valence electrons. The summed E-state index contributed by atoms with van der Waals surface area (Å²) < 4.78 is 7.69. The van der Waals surface area contributed by atoms with Gasteiger partial charge >= 0.3 is 0 Å². The highest BCUT2D eigenvalue weighted by molar-refractivity contribution is 5.82. The SMILES string of the molecule is CN(Cc1cnn(Cc2ccccc2)c1)C(=O)[C@H]1Cc2ccccc2O1. The van der Waals surface area contributed by atoms with Gasteiger partial charge in [0.1, 0.15) is 5.75 Å². The number of hydrogen-bond donors (Lipinski definition) is 0. The third kappa shape index (κ3) is 3.47. The fraction of sp³-hybridized carbons (Fsp3) is 0.238. The van der Waals surface area contributed by atoms with Gasteiger partial charge in [0.25, 0.3) is 5.91 Å². The van der Waals surface area contributed by atoms with Crippen LogP contribution in [-0.2, 0) is 24.3 Å². The van der Waals surface area contributed by atoms with E-state index >= 15 is 0 Å². The van der Waals surface area contributed by atoms with Gasteiger partial charge in [0.2, 0.25) is 0 Å². The van der Waals surface area contributed by atoms with E-state index in [9.17, 15) is 4.79 Å². The maximum Gasteiger partial charge on any atom is 0.264 e. The summed E-state index contributed by atoms with van der Waals surface area (Å²) in [5, 5.41) is 4.40. The molecule has 0 aliphatic carbocycles. The number of rotatable bonds is 5. The third-order valence-corrected chi connectivity index (χ3v) is 4.59. The van der Waals surface area contributed by atoms with Crippen molar-refractivity contribution < 1.29 is 9.53 Å². The molecular weight excluding hydrogens is 326 g/mol. The molecule has 0 N–H and O–H groups in total. The number of fused-ring (bicyclic) bond motifs is 1. The maximum absolute atomic E-state index is 12.7. The third-order valence-electron chi connectivity index (χ3n) is 4.59. The number of ether oxygens (including phenoxy) is 1. The van der Waals surface area contributed by atoms with Crippen LogP contribution >= 0.6 is 0 Å². The van der Waals surface area contributed by atoms with Crippen LogP contribution in [-0.4, -0.2) is 33.7 Å². The highest BCUT2D eigenvalue weighted by Crippen LogP contribution is 2.28. The summed E-state index contributed by atoms with van der Waals surface area (Å²) in [6, 6.07) is 18.0. The lowest BCUT2D eigenvalue weighted by atomic mass is 10.1. The van der Waals surface area contributed by atoms with E-state index in [-0.39, 0.29) is 5.91 Å². The molecule has 0 saturated heterocycles. The molecule has 1 atom stereocenters. The van der Waals surface area contributed by atoms with Crippen molar-refractivity contribution in [2.45, 2.75) is 25.6 Å². The van der Waals surface area contributed by atoms with Crippen LogP contribution in [0.3, 0.4) is 0 Å². The monoisotopic (exact) mass is 347 g/mol. The predicted octanol–water partition coefficient (Wildman–Crippen LogP) is 2.89. The molecule has 5 heteroatoms. The second-order valence-corrected chi connectivity index (χ2v) is 6.64. The van der Waals surface area contributed by atoms with E-state index in [2.05, 4.69) is 17.2 Å². The summed E-state index contributed by atoms with van der Waals surface area (Å²) in [6.07, 6.45) is 4.00. The summed E-state index contributed by atoms with van der Waals surface area (Å²) >= 11 is 0. The summed E-state index contributed by atoms with van der Waals surface area (Å²) in [4.78, 5) is 14.4. The number of para-hydroxylation sites is 1. The highest BCUT2D eigenvalue weighted by Gasteiger charge is 2.30. The first kappa shape index (κ1) is 16.4. The molecule has 0 spiro atoms. The fourth-order valence-corrected chi connectivity index (χ4v) is 3.26. The van der Waals surface area contributed by atoms with Crippen molar-refractivity contribution in [2.75, 3.05) is 7.05 Å². The first-order valence-corrected chi connectivity index (χ1v) is 8.74. The molecule has 1 aliphatic rings. The van der Waals surface area contributed by atoms with Crippen LogP contribution in [0.5, 0.6) is 5.75 Å². The standard InChI is InChI=1S/C21H21N3O2/c1-23(21(25)20-11-18-9-5-6-10-19(18)26-20)13-17-12-22-24(15-17)14-16-7-3-2-4-8-16/h2-10,12,15,20H,11,13-14H2,1H3/t20-/m1/s1. The van der Waals surface area contributed by atoms with Gasteiger partial charge in [-0.25, -0.2) is 0 Å². The van der Waals surface area contributed by atoms with Gasteiger partial charge in [-0.15, -0.1) is 0 Å². The lowest BCUT2D eigenvalue weighted by Crippen LogP contribution is -2.38. The Hall–Kier alpha value is -3.08. The average Bonchev–Trinajstić information content (AvgIpc) is 3.28. The molecule has 0 unspecified atom stereocenters. The Morgan fingerprint density at radius 1 is 1.15 bits per heavy atom. The Bertz CT molecular complexity index is 879. The van der Waals surface area contributed by atoms with Crippen molar-refractivity contribution in [1.29, 1.82) is 0 Å². The van der Waals surface area contributed by atoms with Crippen LogP contribution in [0.1, 0.15) is 16.7 Å². The molecule has 0 saturated carbocycles. The second-order valence-electron chi connectivity index (χ2n) is 6.64. The quantitative estimate of drug-likeness (QED) is 0.713. The Morgan fingerprint density at radius 2 is 1.92 bits per heavy atom. The Morgan fingerprint density at radius 3 is 2.73 bits per heavy atom. The minimum Gasteiger partial charge on any atom is -0.480 e. The first-order chi connectivity index (χ1) is 12.7. The normalized spacial score (nSPS) is 15.3. The summed E-state index contributed by atoms with van der Waals surface area (Å²) in [5.74, 6) is 0.812. The van der Waals surface area contributed by atoms with Gasteiger partial charge in [0.05, 0.1) is 12.7 Å². The minimum atomic E-state index is -0.434. The predicted molar refractivity (Wildman–Crippen MR) is 98.8 cm³/mol. The number of carbonyl (C=O) groups excluding carboxylic acids is 1. The Kier molecular flexibility index (Phi) is 4.44. The van der Waals surface area contributed by atoms with Crippen molar-refractivity contribution >= 4 is 5.91 Å². The largest absolute Gasteiger partial charge is 0.480 e. The minimum absolute atomic E-state index is 0.00277. The van der Waals surface area contributed by atoms with Gasteiger partial charge < -0.3 is 9.64 Å². The van der Waals surface area contributed by atoms with E-state index in [0.29, 0.717) is 13.0 Å². The van der Waals surface area contributed by atoms with E-state index in [0.717, 1.165) is 23.4 Å². The molecule has 3 aromatic rings. The van der Waals surface area contributed by atoms with Crippen LogP contribution < -0.4 is 4.74 Å². The van der Waals surface area contributed by atoms with Crippen molar-refractivity contribution in [3.63, 3.8) is 0 Å². The molecule has 2 heterocycles. The van der Waals surface area contributed by atoms with Crippen molar-refractivity contribution in [2.24, 2.45) is 0 Å². The van der Waals surface area contributed by atoms with Gasteiger partial charge in [-0.1, -0.05) is 48.5 Å². The number of amides is 1. The summed E-state index contributed by atoms with van der Waals surface area (Å²) in [6.45, 7) is 1.24. The van der Waals surface area contributed by atoms with Crippen LogP contribution in [0.4, 0.5) is 0 Å². The van der Waals surface area contributed by atoms with E-state index in [1.54, 1.807) is 4.90 Å². The van der Waals surface area contributed by atoms with Gasteiger partial charge in [-0.3, -0.25) is 9.48 Å². The number of hydrogen-bond acceptors (Lipinski definition) is 3. The van der Waals surface area contributed by atoms with Gasteiger partial charge in [-0.05, 0) is 17.2 Å². The van der Waals surface area contributed by atoms with Gasteiger partial charge in [0, 0.05) is 31.8 Å². The van der Waals surface area contributed by atoms with E-state index in [1.165, 1.54) is 5.56 Å². The zero-order chi connectivity index (χ0) is 17.9. The molecule has 1 amide bonds. The number of benzene rings is 2. The van der Waals surface area contributed by atoms with E-state index in [4.69, 9.17) is 4.74 Å². The van der Waals surface area contributed by atoms with Crippen LogP contribution in [0.15, 0.2) is 67.0 Å². The molecule has 1 aromatic heterocycles. The number of nitrogens with zero attached hydrogens (tertiary/aromatic N) is 3. The topological polar surface area (TPSA) is 47.4 Å². The molecule has 0 fully saturated rings. The summed E-state index contributed by atoms with van der Waals surface area (Å²) in [7, 11) is 1.81. The average molecular weight is 347 g/mol. The van der Waals surface area contributed by atoms with Crippen LogP contribution in [0.2, 0.25) is 0 Å². The molecule has 5 nitrogen and oxygen atoms in total. The Labute approximate surface area is 152 Å². The van der Waals surface area contributed by atoms with Crippen molar-refractivity contribution in [3.8, 4) is 5.75 Å². The van der Waals surface area contributed by atoms with Crippen LogP contribution in [0, 0.1) is 0 Å². The number of likely N-dealkylation sites (N-methyl/N-ethyl adjacent to an activating group) is 1. The van der Waals surface area contributed by atoms with Gasteiger partial charge in [-0.2, -0.15) is 5.10 Å². The molecule has 26 heavy (non-hydrogen) atoms. The second kappa shape index (κ2) is 7.04. The lowest BCUT2D eigenvalue weighted by Gasteiger charge is -2.20. The van der Waals surface area contributed by atoms with Gasteiger partial charge in [0.15, 0.2) is 6.10 Å². The lowest BCUT2D eigenvalue weighted by molar-refractivity contribution is -0.137. The molecule has 4 rings (SSSR count). The first-order valence-electron chi connectivity index (χ1n) is 8.74. The summed E-state index contributed by atoms with van der Waals surface area (Å²) in [5.41, 5.74) is 3.30. The molecule has 0 bridgehead atoms. The van der Waals surface area contributed by atoms with Crippen molar-refractivity contribution in [3.05, 3.63) is 83.7 Å². The molecule has 2 aromatic carbocycles. The highest BCUT2D eigenvalue weighted by atomic mass is 16.5. The van der Waals surface area contributed by atoms with E-state index in [1.807, 2.05) is 66.6 Å². The fourth-order valence-electron chi connectivity index (χ4n) is 3.26. The zero-order valence-electron chi connectivity index (χ0n) is 14.7. The van der Waals surface area contributed by atoms with Crippen molar-refractivity contribution in [1.82, 2.24) is 14.7 Å². The molecule has 1 aliphatic heterocycles. The zero-order valence-corrected chi connectivity index (χ0v) is 14.7. The molecule has 0 radical (unpaired) electrons. The van der Waals surface area contributed by atoms with Crippen LogP contribution in [0.25, 0.3) is 0 Å². The number of carbonyl (C=O) groups is 1. The Balaban J connectivity index is 1.36. The maximum atomic E-state index is 12.7. The molecular formula is C21H21N3O2. The smallest absolute Gasteiger partial charge is 0.264 e. The number of aromatic nitrogens is 2. The van der Waals surface area contributed by atoms with E-state index < -0.39 is 6.10 Å².